The van der Waals surface area contributed by atoms with Crippen LogP contribution in [0.25, 0.3) is 11.0 Å². The average Bonchev–Trinajstić information content (AvgIpc) is 3.26. The van der Waals surface area contributed by atoms with Crippen LogP contribution in [-0.4, -0.2) is 44.8 Å². The molecule has 1 fully saturated rings. The molecule has 0 unspecified atom stereocenters. The number of piperidine rings is 1. The Morgan fingerprint density at radius 1 is 1.33 bits per heavy atom. The quantitative estimate of drug-likeness (QED) is 0.786. The van der Waals surface area contributed by atoms with Crippen LogP contribution in [0, 0.1) is 0 Å². The van der Waals surface area contributed by atoms with Gasteiger partial charge in [0.15, 0.2) is 5.65 Å². The van der Waals surface area contributed by atoms with Gasteiger partial charge in [0.25, 0.3) is 5.91 Å². The van der Waals surface area contributed by atoms with Crippen LogP contribution in [0.15, 0.2) is 29.4 Å². The largest absolute Gasteiger partial charge is 0.356 e. The third kappa shape index (κ3) is 2.73. The summed E-state index contributed by atoms with van der Waals surface area (Å²) in [6, 6.07) is 2.06. The molecule has 0 aromatic carbocycles. The molecule has 0 atom stereocenters. The van der Waals surface area contributed by atoms with Crippen molar-refractivity contribution in [3.63, 3.8) is 0 Å². The van der Waals surface area contributed by atoms with Gasteiger partial charge in [0, 0.05) is 37.1 Å². The maximum Gasteiger partial charge on any atom is 0.252 e. The van der Waals surface area contributed by atoms with Crippen molar-refractivity contribution in [2.24, 2.45) is 7.05 Å². The SMILES string of the molecule is Cn1ncc2c(N3CCC(NC(=O)c4ccsc4)CC3)ncnc21. The summed E-state index contributed by atoms with van der Waals surface area (Å²) in [5.74, 6) is 0.946. The first kappa shape index (κ1) is 15.1. The fourth-order valence-electron chi connectivity index (χ4n) is 3.10. The minimum atomic E-state index is 0.0198. The van der Waals surface area contributed by atoms with Gasteiger partial charge in [-0.15, -0.1) is 0 Å². The first-order valence-corrected chi connectivity index (χ1v) is 8.87. The van der Waals surface area contributed by atoms with E-state index in [1.54, 1.807) is 11.0 Å². The van der Waals surface area contributed by atoms with Crippen molar-refractivity contribution < 1.29 is 4.79 Å². The Kier molecular flexibility index (Phi) is 3.89. The van der Waals surface area contributed by atoms with Crippen molar-refractivity contribution in [2.75, 3.05) is 18.0 Å². The lowest BCUT2D eigenvalue weighted by Crippen LogP contribution is -2.45. The fourth-order valence-corrected chi connectivity index (χ4v) is 3.74. The van der Waals surface area contributed by atoms with Crippen molar-refractivity contribution in [3.8, 4) is 0 Å². The number of nitrogens with one attached hydrogen (secondary N) is 1. The predicted octanol–water partition coefficient (Wildman–Crippen LogP) is 1.82. The van der Waals surface area contributed by atoms with Gasteiger partial charge < -0.3 is 10.2 Å². The number of carbonyl (C=O) groups excluding carboxylic acids is 1. The lowest BCUT2D eigenvalue weighted by atomic mass is 10.0. The van der Waals surface area contributed by atoms with Crippen LogP contribution in [0.3, 0.4) is 0 Å². The minimum Gasteiger partial charge on any atom is -0.356 e. The van der Waals surface area contributed by atoms with E-state index < -0.39 is 0 Å². The molecule has 0 saturated carbocycles. The second kappa shape index (κ2) is 6.20. The number of aromatic nitrogens is 4. The molecule has 1 saturated heterocycles. The van der Waals surface area contributed by atoms with Crippen LogP contribution in [-0.2, 0) is 7.05 Å². The van der Waals surface area contributed by atoms with Gasteiger partial charge in [0.05, 0.1) is 11.6 Å². The number of hydrogen-bond donors (Lipinski definition) is 1. The van der Waals surface area contributed by atoms with E-state index in [1.807, 2.05) is 30.1 Å². The van der Waals surface area contributed by atoms with Gasteiger partial charge in [-0.1, -0.05) is 0 Å². The number of rotatable bonds is 3. The van der Waals surface area contributed by atoms with E-state index in [0.717, 1.165) is 48.3 Å². The molecule has 7 nitrogen and oxygen atoms in total. The molecule has 1 amide bonds. The number of aryl methyl sites for hydroxylation is 1. The first-order valence-electron chi connectivity index (χ1n) is 7.93. The highest BCUT2D eigenvalue weighted by molar-refractivity contribution is 7.08. The van der Waals surface area contributed by atoms with Crippen LogP contribution < -0.4 is 10.2 Å². The number of fused-ring (bicyclic) bond motifs is 1. The van der Waals surface area contributed by atoms with Crippen molar-refractivity contribution in [2.45, 2.75) is 18.9 Å². The van der Waals surface area contributed by atoms with Crippen LogP contribution in [0.1, 0.15) is 23.2 Å². The summed E-state index contributed by atoms with van der Waals surface area (Å²) in [5, 5.41) is 12.2. The van der Waals surface area contributed by atoms with Gasteiger partial charge >= 0.3 is 0 Å². The van der Waals surface area contributed by atoms with E-state index in [-0.39, 0.29) is 11.9 Å². The van der Waals surface area contributed by atoms with Crippen molar-refractivity contribution in [1.82, 2.24) is 25.1 Å². The standard InChI is InChI=1S/C16H18N6OS/c1-21-14-13(8-19-21)15(18-10-17-14)22-5-2-12(3-6-22)20-16(23)11-4-7-24-9-11/h4,7-10,12H,2-3,5-6H2,1H3,(H,20,23). The fraction of sp³-hybridized carbons (Fsp3) is 0.375. The van der Waals surface area contributed by atoms with Gasteiger partial charge in [0.1, 0.15) is 12.1 Å². The topological polar surface area (TPSA) is 75.9 Å². The summed E-state index contributed by atoms with van der Waals surface area (Å²) in [4.78, 5) is 23.1. The first-order chi connectivity index (χ1) is 11.7. The van der Waals surface area contributed by atoms with E-state index in [1.165, 1.54) is 11.3 Å². The number of carbonyl (C=O) groups is 1. The molecule has 0 radical (unpaired) electrons. The van der Waals surface area contributed by atoms with E-state index >= 15 is 0 Å². The maximum atomic E-state index is 12.2. The minimum absolute atomic E-state index is 0.0198. The smallest absolute Gasteiger partial charge is 0.252 e. The monoisotopic (exact) mass is 342 g/mol. The number of nitrogens with zero attached hydrogens (tertiary/aromatic N) is 5. The molecule has 1 aliphatic rings. The second-order valence-electron chi connectivity index (χ2n) is 5.95. The number of hydrogen-bond acceptors (Lipinski definition) is 6. The summed E-state index contributed by atoms with van der Waals surface area (Å²) in [6.45, 7) is 1.71. The molecule has 24 heavy (non-hydrogen) atoms. The molecule has 3 aromatic heterocycles. The van der Waals surface area contributed by atoms with Crippen LogP contribution in [0.4, 0.5) is 5.82 Å². The molecular formula is C16H18N6OS. The summed E-state index contributed by atoms with van der Waals surface area (Å²) >= 11 is 1.54. The summed E-state index contributed by atoms with van der Waals surface area (Å²) < 4.78 is 1.76. The van der Waals surface area contributed by atoms with Crippen molar-refractivity contribution in [1.29, 1.82) is 0 Å². The molecule has 3 aromatic rings. The van der Waals surface area contributed by atoms with Gasteiger partial charge in [0.2, 0.25) is 0 Å². The van der Waals surface area contributed by atoms with E-state index in [4.69, 9.17) is 0 Å². The Morgan fingerprint density at radius 3 is 2.92 bits per heavy atom. The summed E-state index contributed by atoms with van der Waals surface area (Å²) in [6.07, 6.45) is 5.21. The average molecular weight is 342 g/mol. The lowest BCUT2D eigenvalue weighted by Gasteiger charge is -2.33. The third-order valence-electron chi connectivity index (χ3n) is 4.42. The van der Waals surface area contributed by atoms with E-state index in [0.29, 0.717) is 0 Å². The van der Waals surface area contributed by atoms with E-state index in [2.05, 4.69) is 25.3 Å². The molecule has 0 bridgehead atoms. The molecule has 4 heterocycles. The predicted molar refractivity (Wildman–Crippen MR) is 93.3 cm³/mol. The molecule has 0 aliphatic carbocycles. The zero-order valence-corrected chi connectivity index (χ0v) is 14.2. The maximum absolute atomic E-state index is 12.2. The normalized spacial score (nSPS) is 15.8. The van der Waals surface area contributed by atoms with Crippen molar-refractivity contribution >= 4 is 34.1 Å². The Labute approximate surface area is 143 Å². The van der Waals surface area contributed by atoms with Gasteiger partial charge in [-0.05, 0) is 24.3 Å². The third-order valence-corrected chi connectivity index (χ3v) is 5.10. The molecule has 8 heteroatoms. The van der Waals surface area contributed by atoms with Crippen molar-refractivity contribution in [3.05, 3.63) is 34.9 Å². The zero-order chi connectivity index (χ0) is 16.5. The molecule has 124 valence electrons. The Bertz CT molecular complexity index is 851. The van der Waals surface area contributed by atoms with Gasteiger partial charge in [-0.25, -0.2) is 9.97 Å². The highest BCUT2D eigenvalue weighted by atomic mass is 32.1. The Hall–Kier alpha value is -2.48. The van der Waals surface area contributed by atoms with Gasteiger partial charge in [-0.2, -0.15) is 16.4 Å². The van der Waals surface area contributed by atoms with Crippen LogP contribution in [0.2, 0.25) is 0 Å². The highest BCUT2D eigenvalue weighted by Crippen LogP contribution is 2.25. The number of anilines is 1. The zero-order valence-electron chi connectivity index (χ0n) is 13.3. The van der Waals surface area contributed by atoms with E-state index in [9.17, 15) is 4.79 Å². The second-order valence-corrected chi connectivity index (χ2v) is 6.73. The number of amides is 1. The molecule has 4 rings (SSSR count). The molecule has 1 N–H and O–H groups in total. The summed E-state index contributed by atoms with van der Waals surface area (Å²) in [5.41, 5.74) is 1.59. The Balaban J connectivity index is 1.43. The molecule has 0 spiro atoms. The van der Waals surface area contributed by atoms with Crippen LogP contribution >= 0.6 is 11.3 Å². The molecule has 1 aliphatic heterocycles. The lowest BCUT2D eigenvalue weighted by molar-refractivity contribution is 0.0931. The van der Waals surface area contributed by atoms with Crippen LogP contribution in [0.5, 0.6) is 0 Å². The highest BCUT2D eigenvalue weighted by Gasteiger charge is 2.23. The molecular weight excluding hydrogens is 324 g/mol. The van der Waals surface area contributed by atoms with Gasteiger partial charge in [-0.3, -0.25) is 9.48 Å². The Morgan fingerprint density at radius 2 is 2.17 bits per heavy atom. The summed E-state index contributed by atoms with van der Waals surface area (Å²) in [7, 11) is 1.88. The number of thiophene rings is 1.